The summed E-state index contributed by atoms with van der Waals surface area (Å²) in [5.41, 5.74) is 5.96. The second kappa shape index (κ2) is 5.73. The van der Waals surface area contributed by atoms with Gasteiger partial charge in [-0.3, -0.25) is 9.48 Å². The number of carbonyl (C=O) groups excluding carboxylic acids is 1. The number of amidine groups is 1. The Labute approximate surface area is 111 Å². The first-order valence-electron chi connectivity index (χ1n) is 6.41. The van der Waals surface area contributed by atoms with Crippen molar-refractivity contribution in [2.45, 2.75) is 32.1 Å². The fraction of sp³-hybridized carbons (Fsp3) is 0.583. The standard InChI is InChI=1S/C12H19N5O2/c1-17-12(9(7-14-17)11(13)16-19)15-10(18)6-8-4-2-3-5-8/h7-8,19H,2-6H2,1H3,(H2,13,16)(H,15,18). The quantitative estimate of drug-likeness (QED) is 0.327. The molecule has 4 N–H and O–H groups in total. The Bertz CT molecular complexity index is 488. The van der Waals surface area contributed by atoms with E-state index in [1.807, 2.05) is 0 Å². The van der Waals surface area contributed by atoms with Crippen molar-refractivity contribution in [2.24, 2.45) is 23.9 Å². The highest BCUT2D eigenvalue weighted by atomic mass is 16.4. The average molecular weight is 265 g/mol. The fourth-order valence-corrected chi connectivity index (χ4v) is 2.49. The van der Waals surface area contributed by atoms with Crippen LogP contribution < -0.4 is 11.1 Å². The van der Waals surface area contributed by atoms with E-state index in [0.717, 1.165) is 12.8 Å². The number of hydrogen-bond donors (Lipinski definition) is 3. The van der Waals surface area contributed by atoms with Crippen molar-refractivity contribution in [1.82, 2.24) is 9.78 Å². The summed E-state index contributed by atoms with van der Waals surface area (Å²) in [6.07, 6.45) is 6.62. The van der Waals surface area contributed by atoms with E-state index in [1.54, 1.807) is 7.05 Å². The summed E-state index contributed by atoms with van der Waals surface area (Å²) >= 11 is 0. The lowest BCUT2D eigenvalue weighted by Crippen LogP contribution is -2.21. The number of aromatic nitrogens is 2. The third-order valence-corrected chi connectivity index (χ3v) is 3.53. The van der Waals surface area contributed by atoms with E-state index < -0.39 is 0 Å². The van der Waals surface area contributed by atoms with Gasteiger partial charge < -0.3 is 16.3 Å². The molecule has 0 unspecified atom stereocenters. The van der Waals surface area contributed by atoms with Gasteiger partial charge in [0.05, 0.1) is 11.8 Å². The third kappa shape index (κ3) is 3.04. The number of amides is 1. The maximum absolute atomic E-state index is 12.0. The highest BCUT2D eigenvalue weighted by Crippen LogP contribution is 2.28. The van der Waals surface area contributed by atoms with Gasteiger partial charge in [0.2, 0.25) is 5.91 Å². The minimum atomic E-state index is -0.0655. The van der Waals surface area contributed by atoms with Crippen molar-refractivity contribution in [3.05, 3.63) is 11.8 Å². The van der Waals surface area contributed by atoms with Gasteiger partial charge in [0.1, 0.15) is 5.82 Å². The summed E-state index contributed by atoms with van der Waals surface area (Å²) in [5, 5.41) is 18.4. The molecular formula is C12H19N5O2. The maximum atomic E-state index is 12.0. The van der Waals surface area contributed by atoms with E-state index in [1.165, 1.54) is 23.7 Å². The van der Waals surface area contributed by atoms with Crippen LogP contribution in [0.3, 0.4) is 0 Å². The maximum Gasteiger partial charge on any atom is 0.225 e. The van der Waals surface area contributed by atoms with Crippen LogP contribution in [0.1, 0.15) is 37.7 Å². The van der Waals surface area contributed by atoms with Gasteiger partial charge in [0.25, 0.3) is 0 Å². The molecule has 1 aromatic heterocycles. The van der Waals surface area contributed by atoms with Gasteiger partial charge in [-0.1, -0.05) is 18.0 Å². The second-order valence-corrected chi connectivity index (χ2v) is 4.92. The minimum Gasteiger partial charge on any atom is -0.409 e. The Kier molecular flexibility index (Phi) is 4.03. The molecule has 1 saturated carbocycles. The molecule has 1 fully saturated rings. The van der Waals surface area contributed by atoms with Crippen LogP contribution in [0.15, 0.2) is 11.4 Å². The smallest absolute Gasteiger partial charge is 0.225 e. The van der Waals surface area contributed by atoms with E-state index in [2.05, 4.69) is 15.6 Å². The van der Waals surface area contributed by atoms with Crippen molar-refractivity contribution >= 4 is 17.6 Å². The SMILES string of the molecule is Cn1ncc(C(N)=NO)c1NC(=O)CC1CCCC1. The first kappa shape index (κ1) is 13.4. The molecule has 0 radical (unpaired) electrons. The van der Waals surface area contributed by atoms with Crippen molar-refractivity contribution in [2.75, 3.05) is 5.32 Å². The molecule has 0 aliphatic heterocycles. The molecule has 0 spiro atoms. The number of nitrogens with two attached hydrogens (primary N) is 1. The largest absolute Gasteiger partial charge is 0.409 e. The predicted octanol–water partition coefficient (Wildman–Crippen LogP) is 1.03. The monoisotopic (exact) mass is 265 g/mol. The lowest BCUT2D eigenvalue weighted by Gasteiger charge is -2.11. The Morgan fingerprint density at radius 1 is 1.63 bits per heavy atom. The molecule has 0 bridgehead atoms. The number of oxime groups is 1. The number of anilines is 1. The van der Waals surface area contributed by atoms with Gasteiger partial charge in [-0.05, 0) is 18.8 Å². The number of aryl methyl sites for hydroxylation is 1. The first-order chi connectivity index (χ1) is 9.11. The molecule has 1 heterocycles. The van der Waals surface area contributed by atoms with E-state index in [9.17, 15) is 4.79 Å². The fourth-order valence-electron chi connectivity index (χ4n) is 2.49. The predicted molar refractivity (Wildman–Crippen MR) is 70.9 cm³/mol. The van der Waals surface area contributed by atoms with E-state index in [4.69, 9.17) is 10.9 Å². The summed E-state index contributed by atoms with van der Waals surface area (Å²) in [6, 6.07) is 0. The van der Waals surface area contributed by atoms with E-state index in [-0.39, 0.29) is 11.7 Å². The van der Waals surface area contributed by atoms with Crippen LogP contribution in [-0.4, -0.2) is 26.7 Å². The molecule has 1 aliphatic carbocycles. The lowest BCUT2D eigenvalue weighted by molar-refractivity contribution is -0.117. The Morgan fingerprint density at radius 2 is 2.32 bits per heavy atom. The molecule has 2 rings (SSSR count). The number of rotatable bonds is 4. The Balaban J connectivity index is 2.05. The molecule has 19 heavy (non-hydrogen) atoms. The van der Waals surface area contributed by atoms with Gasteiger partial charge in [-0.15, -0.1) is 0 Å². The van der Waals surface area contributed by atoms with Gasteiger partial charge in [0.15, 0.2) is 5.84 Å². The van der Waals surface area contributed by atoms with Crippen molar-refractivity contribution in [3.63, 3.8) is 0 Å². The molecule has 7 heteroatoms. The highest BCUT2D eigenvalue weighted by molar-refractivity contribution is 6.04. The average Bonchev–Trinajstić information content (AvgIpc) is 3.00. The van der Waals surface area contributed by atoms with Crippen molar-refractivity contribution in [1.29, 1.82) is 0 Å². The second-order valence-electron chi connectivity index (χ2n) is 4.92. The molecule has 0 saturated heterocycles. The molecule has 7 nitrogen and oxygen atoms in total. The van der Waals surface area contributed by atoms with Gasteiger partial charge in [-0.25, -0.2) is 0 Å². The summed E-state index contributed by atoms with van der Waals surface area (Å²) in [4.78, 5) is 12.0. The van der Waals surface area contributed by atoms with Crippen LogP contribution in [-0.2, 0) is 11.8 Å². The molecule has 1 aliphatic rings. The molecule has 104 valence electrons. The molecular weight excluding hydrogens is 246 g/mol. The zero-order valence-corrected chi connectivity index (χ0v) is 11.0. The summed E-state index contributed by atoms with van der Waals surface area (Å²) in [6.45, 7) is 0. The van der Waals surface area contributed by atoms with E-state index >= 15 is 0 Å². The number of nitrogens with one attached hydrogen (secondary N) is 1. The van der Waals surface area contributed by atoms with Crippen LogP contribution in [0.25, 0.3) is 0 Å². The van der Waals surface area contributed by atoms with Gasteiger partial charge in [0, 0.05) is 13.5 Å². The lowest BCUT2D eigenvalue weighted by atomic mass is 10.0. The first-order valence-corrected chi connectivity index (χ1v) is 6.41. The third-order valence-electron chi connectivity index (χ3n) is 3.53. The zero-order valence-electron chi connectivity index (χ0n) is 11.0. The highest BCUT2D eigenvalue weighted by Gasteiger charge is 2.20. The van der Waals surface area contributed by atoms with Crippen LogP contribution >= 0.6 is 0 Å². The molecule has 1 amide bonds. The van der Waals surface area contributed by atoms with Crippen molar-refractivity contribution < 1.29 is 10.0 Å². The molecule has 0 atom stereocenters. The number of hydrogen-bond acceptors (Lipinski definition) is 4. The molecule has 1 aromatic rings. The van der Waals surface area contributed by atoms with Crippen LogP contribution in [0.2, 0.25) is 0 Å². The van der Waals surface area contributed by atoms with Crippen molar-refractivity contribution in [3.8, 4) is 0 Å². The summed E-state index contributed by atoms with van der Waals surface area (Å²) in [7, 11) is 1.69. The number of carbonyl (C=O) groups is 1. The zero-order chi connectivity index (χ0) is 13.8. The Hall–Kier alpha value is -2.05. The normalized spacial score (nSPS) is 16.8. The van der Waals surface area contributed by atoms with Crippen LogP contribution in [0.5, 0.6) is 0 Å². The van der Waals surface area contributed by atoms with Crippen LogP contribution in [0.4, 0.5) is 5.82 Å². The summed E-state index contributed by atoms with van der Waals surface area (Å²) in [5.74, 6) is 0.811. The Morgan fingerprint density at radius 3 is 2.95 bits per heavy atom. The number of nitrogens with zero attached hydrogens (tertiary/aromatic N) is 3. The van der Waals surface area contributed by atoms with Gasteiger partial charge in [-0.2, -0.15) is 5.10 Å². The minimum absolute atomic E-state index is 0.0533. The summed E-state index contributed by atoms with van der Waals surface area (Å²) < 4.78 is 1.50. The van der Waals surface area contributed by atoms with Gasteiger partial charge >= 0.3 is 0 Å². The molecule has 0 aromatic carbocycles. The topological polar surface area (TPSA) is 106 Å². The van der Waals surface area contributed by atoms with E-state index in [0.29, 0.717) is 23.7 Å². The van der Waals surface area contributed by atoms with Crippen LogP contribution in [0, 0.1) is 5.92 Å².